The first kappa shape index (κ1) is 15.8. The zero-order valence-corrected chi connectivity index (χ0v) is 14.2. The maximum atomic E-state index is 12.1. The molecule has 0 radical (unpaired) electrons. The van der Waals surface area contributed by atoms with E-state index < -0.39 is 0 Å². The number of rotatable bonds is 5. The molecule has 1 aromatic heterocycles. The molecule has 0 spiro atoms. The quantitative estimate of drug-likeness (QED) is 0.883. The summed E-state index contributed by atoms with van der Waals surface area (Å²) in [6.07, 6.45) is 3.66. The average Bonchev–Trinajstić information content (AvgIpc) is 3.13. The highest BCUT2D eigenvalue weighted by atomic mass is 32.1. The van der Waals surface area contributed by atoms with Crippen LogP contribution < -0.4 is 15.4 Å². The third kappa shape index (κ3) is 3.64. The van der Waals surface area contributed by atoms with Crippen molar-refractivity contribution in [1.29, 1.82) is 0 Å². The average molecular weight is 331 g/mol. The van der Waals surface area contributed by atoms with Crippen LogP contribution >= 0.6 is 11.3 Å². The summed E-state index contributed by atoms with van der Waals surface area (Å²) in [5.41, 5.74) is 2.38. The number of nitrogens with one attached hydrogen (secondary N) is 2. The van der Waals surface area contributed by atoms with Crippen LogP contribution in [0.4, 0.5) is 4.79 Å². The summed E-state index contributed by atoms with van der Waals surface area (Å²) in [6.45, 7) is 5.11. The number of aromatic nitrogens is 1. The highest BCUT2D eigenvalue weighted by molar-refractivity contribution is 7.11. The molecule has 0 bridgehead atoms. The Hall–Kier alpha value is -2.08. The zero-order chi connectivity index (χ0) is 16.2. The lowest BCUT2D eigenvalue weighted by Crippen LogP contribution is -2.36. The topological polar surface area (TPSA) is 63.2 Å². The van der Waals surface area contributed by atoms with Gasteiger partial charge in [-0.1, -0.05) is 12.1 Å². The largest absolute Gasteiger partial charge is 0.494 e. The van der Waals surface area contributed by atoms with Gasteiger partial charge < -0.3 is 15.4 Å². The predicted molar refractivity (Wildman–Crippen MR) is 90.9 cm³/mol. The van der Waals surface area contributed by atoms with Gasteiger partial charge in [-0.05, 0) is 43.9 Å². The fourth-order valence-corrected chi connectivity index (χ4v) is 3.64. The second-order valence-electron chi connectivity index (χ2n) is 5.54. The van der Waals surface area contributed by atoms with Crippen LogP contribution in [0.2, 0.25) is 0 Å². The first-order valence-electron chi connectivity index (χ1n) is 7.87. The molecule has 3 rings (SSSR count). The van der Waals surface area contributed by atoms with Gasteiger partial charge in [0.25, 0.3) is 0 Å². The third-order valence-corrected chi connectivity index (χ3v) is 4.81. The lowest BCUT2D eigenvalue weighted by molar-refractivity contribution is 0.236. The molecule has 6 heteroatoms. The fourth-order valence-electron chi connectivity index (χ4n) is 2.91. The molecule has 23 heavy (non-hydrogen) atoms. The van der Waals surface area contributed by atoms with Gasteiger partial charge in [0, 0.05) is 11.1 Å². The minimum absolute atomic E-state index is 0.0448. The van der Waals surface area contributed by atoms with E-state index in [-0.39, 0.29) is 12.1 Å². The van der Waals surface area contributed by atoms with Gasteiger partial charge in [0.1, 0.15) is 10.8 Å². The molecule has 1 aliphatic rings. The van der Waals surface area contributed by atoms with Crippen molar-refractivity contribution in [3.05, 3.63) is 45.4 Å². The zero-order valence-electron chi connectivity index (χ0n) is 13.4. The smallest absolute Gasteiger partial charge is 0.315 e. The van der Waals surface area contributed by atoms with Crippen LogP contribution in [0.25, 0.3) is 0 Å². The van der Waals surface area contributed by atoms with Gasteiger partial charge in [-0.2, -0.15) is 0 Å². The highest BCUT2D eigenvalue weighted by Crippen LogP contribution is 2.36. The summed E-state index contributed by atoms with van der Waals surface area (Å²) in [5, 5.41) is 6.85. The number of ether oxygens (including phenoxy) is 1. The molecule has 1 heterocycles. The monoisotopic (exact) mass is 331 g/mol. The molecule has 1 aromatic carbocycles. The molecule has 5 nitrogen and oxygen atoms in total. The molecule has 122 valence electrons. The van der Waals surface area contributed by atoms with Crippen molar-refractivity contribution >= 4 is 17.4 Å². The Morgan fingerprint density at radius 1 is 1.48 bits per heavy atom. The van der Waals surface area contributed by atoms with Crippen LogP contribution in [0.3, 0.4) is 0 Å². The Morgan fingerprint density at radius 2 is 2.35 bits per heavy atom. The summed E-state index contributed by atoms with van der Waals surface area (Å²) in [6, 6.07) is 5.94. The number of hydrogen-bond donors (Lipinski definition) is 2. The standard InChI is InChI=1S/C17H21N3O2S/c1-3-22-15-6-4-5-12-13(15)7-8-14(12)20-17(21)19-10-16-18-9-11(2)23-16/h4-6,9,14H,3,7-8,10H2,1-2H3,(H2,19,20,21). The summed E-state index contributed by atoms with van der Waals surface area (Å²) < 4.78 is 5.67. The normalized spacial score (nSPS) is 16.0. The third-order valence-electron chi connectivity index (χ3n) is 3.90. The van der Waals surface area contributed by atoms with Crippen molar-refractivity contribution in [3.8, 4) is 5.75 Å². The molecule has 0 aliphatic heterocycles. The minimum Gasteiger partial charge on any atom is -0.494 e. The van der Waals surface area contributed by atoms with Crippen molar-refractivity contribution in [3.63, 3.8) is 0 Å². The van der Waals surface area contributed by atoms with Crippen LogP contribution in [-0.4, -0.2) is 17.6 Å². The Morgan fingerprint density at radius 3 is 3.09 bits per heavy atom. The first-order valence-corrected chi connectivity index (χ1v) is 8.69. The lowest BCUT2D eigenvalue weighted by Gasteiger charge is -2.15. The lowest BCUT2D eigenvalue weighted by atomic mass is 10.1. The van der Waals surface area contributed by atoms with Gasteiger partial charge in [0.05, 0.1) is 19.2 Å². The molecule has 1 atom stereocenters. The molecule has 0 saturated heterocycles. The SMILES string of the molecule is CCOc1cccc2c1CCC2NC(=O)NCc1ncc(C)s1. The van der Waals surface area contributed by atoms with Crippen molar-refractivity contribution in [2.24, 2.45) is 0 Å². The Bertz CT molecular complexity index is 699. The first-order chi connectivity index (χ1) is 11.2. The second kappa shape index (κ2) is 7.00. The van der Waals surface area contributed by atoms with Crippen LogP contribution in [-0.2, 0) is 13.0 Å². The number of hydrogen-bond acceptors (Lipinski definition) is 4. The summed E-state index contributed by atoms with van der Waals surface area (Å²) >= 11 is 1.60. The second-order valence-corrected chi connectivity index (χ2v) is 6.86. The predicted octanol–water partition coefficient (Wildman–Crippen LogP) is 3.34. The number of benzene rings is 1. The van der Waals surface area contributed by atoms with Crippen molar-refractivity contribution in [1.82, 2.24) is 15.6 Å². The van der Waals surface area contributed by atoms with Gasteiger partial charge in [-0.3, -0.25) is 0 Å². The van der Waals surface area contributed by atoms with Crippen molar-refractivity contribution < 1.29 is 9.53 Å². The van der Waals surface area contributed by atoms with Gasteiger partial charge in [0.2, 0.25) is 0 Å². The molecule has 1 aliphatic carbocycles. The highest BCUT2D eigenvalue weighted by Gasteiger charge is 2.26. The van der Waals surface area contributed by atoms with E-state index in [1.807, 2.05) is 32.2 Å². The number of aryl methyl sites for hydroxylation is 1. The number of urea groups is 1. The molecule has 0 fully saturated rings. The van der Waals surface area contributed by atoms with E-state index >= 15 is 0 Å². The number of nitrogens with zero attached hydrogens (tertiary/aromatic N) is 1. The summed E-state index contributed by atoms with van der Waals surface area (Å²) in [5.74, 6) is 0.938. The Balaban J connectivity index is 1.60. The van der Waals surface area contributed by atoms with Crippen LogP contribution in [0.1, 0.15) is 40.4 Å². The van der Waals surface area contributed by atoms with E-state index in [1.165, 1.54) is 5.56 Å². The number of amides is 2. The number of carbonyl (C=O) groups excluding carboxylic acids is 1. The molecule has 2 N–H and O–H groups in total. The van der Waals surface area contributed by atoms with Gasteiger partial charge >= 0.3 is 6.03 Å². The Labute approximate surface area is 140 Å². The summed E-state index contributed by atoms with van der Waals surface area (Å²) in [7, 11) is 0. The maximum Gasteiger partial charge on any atom is 0.315 e. The fraction of sp³-hybridized carbons (Fsp3) is 0.412. The number of carbonyl (C=O) groups is 1. The van der Waals surface area contributed by atoms with Crippen LogP contribution in [0, 0.1) is 6.92 Å². The number of thiazole rings is 1. The van der Waals surface area contributed by atoms with Gasteiger partial charge in [-0.15, -0.1) is 11.3 Å². The van der Waals surface area contributed by atoms with Gasteiger partial charge in [0.15, 0.2) is 0 Å². The van der Waals surface area contributed by atoms with Crippen LogP contribution in [0.5, 0.6) is 5.75 Å². The van der Waals surface area contributed by atoms with E-state index in [4.69, 9.17) is 4.74 Å². The van der Waals surface area contributed by atoms with Crippen LogP contribution in [0.15, 0.2) is 24.4 Å². The van der Waals surface area contributed by atoms with E-state index in [9.17, 15) is 4.79 Å². The number of fused-ring (bicyclic) bond motifs is 1. The van der Waals surface area contributed by atoms with Gasteiger partial charge in [-0.25, -0.2) is 9.78 Å². The molecule has 0 saturated carbocycles. The van der Waals surface area contributed by atoms with E-state index in [0.29, 0.717) is 13.2 Å². The molecule has 2 amide bonds. The minimum atomic E-state index is -0.155. The van der Waals surface area contributed by atoms with Crippen molar-refractivity contribution in [2.75, 3.05) is 6.61 Å². The maximum absolute atomic E-state index is 12.1. The molecule has 2 aromatic rings. The van der Waals surface area contributed by atoms with E-state index in [1.54, 1.807) is 11.3 Å². The molecule has 1 unspecified atom stereocenters. The molecular weight excluding hydrogens is 310 g/mol. The summed E-state index contributed by atoms with van der Waals surface area (Å²) in [4.78, 5) is 17.5. The van der Waals surface area contributed by atoms with E-state index in [0.717, 1.165) is 34.0 Å². The molecular formula is C17H21N3O2S. The van der Waals surface area contributed by atoms with Crippen molar-refractivity contribution in [2.45, 2.75) is 39.3 Å². The van der Waals surface area contributed by atoms with E-state index in [2.05, 4.69) is 21.7 Å². The Kier molecular flexibility index (Phi) is 4.81.